The lowest BCUT2D eigenvalue weighted by molar-refractivity contribution is 0.0697. The summed E-state index contributed by atoms with van der Waals surface area (Å²) < 4.78 is 5.82. The lowest BCUT2D eigenvalue weighted by Gasteiger charge is -2.18. The predicted octanol–water partition coefficient (Wildman–Crippen LogP) is 4.90. The van der Waals surface area contributed by atoms with E-state index < -0.39 is 5.97 Å². The number of nitrogens with zero attached hydrogens (tertiary/aromatic N) is 1. The summed E-state index contributed by atoms with van der Waals surface area (Å²) in [7, 11) is 0. The van der Waals surface area contributed by atoms with E-state index in [1.807, 2.05) is 42.5 Å². The highest BCUT2D eigenvalue weighted by molar-refractivity contribution is 5.87. The molecule has 1 saturated carbocycles. The number of carboxylic acids is 1. The molecule has 1 aliphatic rings. The molecule has 0 spiro atoms. The van der Waals surface area contributed by atoms with E-state index in [4.69, 9.17) is 9.84 Å². The molecule has 27 heavy (non-hydrogen) atoms. The Labute approximate surface area is 158 Å². The number of benzene rings is 2. The molecule has 4 heteroatoms. The first-order chi connectivity index (χ1) is 13.2. The van der Waals surface area contributed by atoms with E-state index in [2.05, 4.69) is 17.1 Å². The third-order valence-electron chi connectivity index (χ3n) is 4.96. The van der Waals surface area contributed by atoms with Gasteiger partial charge in [0.05, 0.1) is 11.3 Å². The van der Waals surface area contributed by atoms with E-state index in [1.54, 1.807) is 18.3 Å². The number of aromatic carboxylic acids is 1. The second-order valence-corrected chi connectivity index (χ2v) is 6.92. The van der Waals surface area contributed by atoms with Gasteiger partial charge in [-0.05, 0) is 66.3 Å². The molecule has 3 aromatic rings. The molecule has 2 aromatic carbocycles. The summed E-state index contributed by atoms with van der Waals surface area (Å²) in [6.07, 6.45) is 4.18. The van der Waals surface area contributed by atoms with Crippen LogP contribution >= 0.6 is 0 Å². The molecule has 1 fully saturated rings. The van der Waals surface area contributed by atoms with Gasteiger partial charge < -0.3 is 9.84 Å². The van der Waals surface area contributed by atoms with Crippen LogP contribution in [0.2, 0.25) is 0 Å². The Kier molecular flexibility index (Phi) is 4.88. The second-order valence-electron chi connectivity index (χ2n) is 6.92. The molecular weight excluding hydrogens is 338 g/mol. The molecule has 1 unspecified atom stereocenters. The second kappa shape index (κ2) is 7.62. The van der Waals surface area contributed by atoms with Crippen LogP contribution < -0.4 is 4.74 Å². The summed E-state index contributed by atoms with van der Waals surface area (Å²) in [5.74, 6) is 0.859. The van der Waals surface area contributed by atoms with Crippen molar-refractivity contribution in [1.29, 1.82) is 0 Å². The van der Waals surface area contributed by atoms with Crippen molar-refractivity contribution in [3.05, 3.63) is 95.3 Å². The van der Waals surface area contributed by atoms with Crippen LogP contribution in [0.5, 0.6) is 5.75 Å². The molecule has 1 N–H and O–H groups in total. The van der Waals surface area contributed by atoms with E-state index in [0.717, 1.165) is 11.4 Å². The fraction of sp³-hybridized carbons (Fsp3) is 0.217. The molecule has 1 aromatic heterocycles. The van der Waals surface area contributed by atoms with Gasteiger partial charge in [-0.25, -0.2) is 4.79 Å². The van der Waals surface area contributed by atoms with E-state index in [9.17, 15) is 4.79 Å². The zero-order chi connectivity index (χ0) is 18.6. The van der Waals surface area contributed by atoms with Crippen molar-refractivity contribution in [1.82, 2.24) is 4.98 Å². The number of rotatable bonds is 7. The minimum Gasteiger partial charge on any atom is -0.487 e. The third kappa shape index (κ3) is 4.17. The number of carboxylic acid groups (broad SMARTS) is 1. The van der Waals surface area contributed by atoms with Crippen LogP contribution in [-0.4, -0.2) is 16.1 Å². The molecule has 4 rings (SSSR count). The number of hydrogen-bond acceptors (Lipinski definition) is 3. The Balaban J connectivity index is 1.49. The Hall–Kier alpha value is -3.14. The van der Waals surface area contributed by atoms with Crippen LogP contribution in [0.15, 0.2) is 72.9 Å². The minimum absolute atomic E-state index is 0.303. The van der Waals surface area contributed by atoms with Gasteiger partial charge in [0.1, 0.15) is 12.4 Å². The first-order valence-corrected chi connectivity index (χ1v) is 9.16. The number of hydrogen-bond donors (Lipinski definition) is 1. The normalized spacial score (nSPS) is 14.5. The topological polar surface area (TPSA) is 59.4 Å². The fourth-order valence-electron chi connectivity index (χ4n) is 3.41. The summed E-state index contributed by atoms with van der Waals surface area (Å²) in [4.78, 5) is 15.3. The molecule has 1 heterocycles. The van der Waals surface area contributed by atoms with Gasteiger partial charge >= 0.3 is 5.97 Å². The summed E-state index contributed by atoms with van der Waals surface area (Å²) in [5, 5.41) is 9.10. The molecule has 136 valence electrons. The Morgan fingerprint density at radius 3 is 2.22 bits per heavy atom. The molecule has 1 aliphatic carbocycles. The monoisotopic (exact) mass is 359 g/mol. The highest BCUT2D eigenvalue weighted by Gasteiger charge is 2.33. The molecule has 0 bridgehead atoms. The van der Waals surface area contributed by atoms with Crippen LogP contribution in [0.1, 0.15) is 45.9 Å². The molecule has 0 amide bonds. The molecule has 0 aliphatic heterocycles. The van der Waals surface area contributed by atoms with Gasteiger partial charge in [-0.1, -0.05) is 30.3 Å². The maximum atomic E-state index is 11.1. The summed E-state index contributed by atoms with van der Waals surface area (Å²) in [5.41, 5.74) is 3.64. The predicted molar refractivity (Wildman–Crippen MR) is 103 cm³/mol. The largest absolute Gasteiger partial charge is 0.487 e. The van der Waals surface area contributed by atoms with Crippen molar-refractivity contribution in [2.45, 2.75) is 25.4 Å². The van der Waals surface area contributed by atoms with Crippen LogP contribution in [0.25, 0.3) is 0 Å². The standard InChI is InChI=1S/C23H21NO3/c25-23(26)19-8-6-17(7-9-19)22(16-4-5-16)18-10-12-21(13-11-18)27-15-20-3-1-2-14-24-20/h1-3,6-14,16,22H,4-5,15H2,(H,25,26). The van der Waals surface area contributed by atoms with Gasteiger partial charge in [0.25, 0.3) is 0 Å². The van der Waals surface area contributed by atoms with Gasteiger partial charge in [0.2, 0.25) is 0 Å². The minimum atomic E-state index is -0.890. The Morgan fingerprint density at radius 1 is 1.00 bits per heavy atom. The maximum Gasteiger partial charge on any atom is 0.335 e. The van der Waals surface area contributed by atoms with Gasteiger partial charge in [0, 0.05) is 12.1 Å². The highest BCUT2D eigenvalue weighted by Crippen LogP contribution is 2.46. The average Bonchev–Trinajstić information content (AvgIpc) is 3.54. The van der Waals surface area contributed by atoms with Gasteiger partial charge in [-0.15, -0.1) is 0 Å². The van der Waals surface area contributed by atoms with Crippen LogP contribution in [0, 0.1) is 5.92 Å². The first kappa shape index (κ1) is 17.3. The average molecular weight is 359 g/mol. The van der Waals surface area contributed by atoms with Crippen molar-refractivity contribution in [3.63, 3.8) is 0 Å². The van der Waals surface area contributed by atoms with Crippen molar-refractivity contribution in [2.24, 2.45) is 5.92 Å². The molecular formula is C23H21NO3. The van der Waals surface area contributed by atoms with E-state index >= 15 is 0 Å². The number of aromatic nitrogens is 1. The maximum absolute atomic E-state index is 11.1. The zero-order valence-corrected chi connectivity index (χ0v) is 14.9. The van der Waals surface area contributed by atoms with Crippen LogP contribution in [-0.2, 0) is 6.61 Å². The third-order valence-corrected chi connectivity index (χ3v) is 4.96. The van der Waals surface area contributed by atoms with Gasteiger partial charge in [-0.2, -0.15) is 0 Å². The molecule has 1 atom stereocenters. The Bertz CT molecular complexity index is 901. The number of carbonyl (C=O) groups is 1. The van der Waals surface area contributed by atoms with Crippen LogP contribution in [0.4, 0.5) is 0 Å². The first-order valence-electron chi connectivity index (χ1n) is 9.16. The Morgan fingerprint density at radius 2 is 1.67 bits per heavy atom. The van der Waals surface area contributed by atoms with Crippen molar-refractivity contribution < 1.29 is 14.6 Å². The van der Waals surface area contributed by atoms with E-state index in [1.165, 1.54) is 24.0 Å². The summed E-state index contributed by atoms with van der Waals surface area (Å²) in [6.45, 7) is 0.447. The number of ether oxygens (including phenoxy) is 1. The summed E-state index contributed by atoms with van der Waals surface area (Å²) in [6, 6.07) is 21.3. The van der Waals surface area contributed by atoms with E-state index in [0.29, 0.717) is 24.0 Å². The van der Waals surface area contributed by atoms with Crippen LogP contribution in [0.3, 0.4) is 0 Å². The smallest absolute Gasteiger partial charge is 0.335 e. The lowest BCUT2D eigenvalue weighted by atomic mass is 9.87. The van der Waals surface area contributed by atoms with E-state index in [-0.39, 0.29) is 0 Å². The van der Waals surface area contributed by atoms with Crippen molar-refractivity contribution in [2.75, 3.05) is 0 Å². The fourth-order valence-corrected chi connectivity index (χ4v) is 3.41. The molecule has 4 nitrogen and oxygen atoms in total. The number of pyridine rings is 1. The molecule has 0 radical (unpaired) electrons. The quantitative estimate of drug-likeness (QED) is 0.652. The highest BCUT2D eigenvalue weighted by atomic mass is 16.5. The van der Waals surface area contributed by atoms with Crippen molar-refractivity contribution in [3.8, 4) is 5.75 Å². The van der Waals surface area contributed by atoms with Gasteiger partial charge in [-0.3, -0.25) is 4.98 Å². The summed E-state index contributed by atoms with van der Waals surface area (Å²) >= 11 is 0. The van der Waals surface area contributed by atoms with Crippen molar-refractivity contribution >= 4 is 5.97 Å². The molecule has 0 saturated heterocycles. The SMILES string of the molecule is O=C(O)c1ccc(C(c2ccc(OCc3ccccn3)cc2)C2CC2)cc1. The lowest BCUT2D eigenvalue weighted by Crippen LogP contribution is -2.05. The van der Waals surface area contributed by atoms with Gasteiger partial charge in [0.15, 0.2) is 0 Å². The zero-order valence-electron chi connectivity index (χ0n) is 14.9.